The molecule has 0 aromatic carbocycles. The summed E-state index contributed by atoms with van der Waals surface area (Å²) in [6.07, 6.45) is 8.27. The molecule has 0 amide bonds. The molecule has 1 saturated carbocycles. The topological polar surface area (TPSA) is 65.0 Å². The first-order valence-corrected chi connectivity index (χ1v) is 12.1. The lowest BCUT2D eigenvalue weighted by molar-refractivity contribution is 0.105. The van der Waals surface area contributed by atoms with Crippen molar-refractivity contribution in [2.24, 2.45) is 10.4 Å². The first-order valence-electron chi connectivity index (χ1n) is 12.1. The molecule has 2 N–H and O–H groups in total. The number of guanidine groups is 1. The van der Waals surface area contributed by atoms with E-state index in [0.29, 0.717) is 5.41 Å². The van der Waals surface area contributed by atoms with E-state index in [1.165, 1.54) is 31.2 Å². The van der Waals surface area contributed by atoms with E-state index in [-0.39, 0.29) is 0 Å². The van der Waals surface area contributed by atoms with Crippen LogP contribution in [0.1, 0.15) is 51.5 Å². The van der Waals surface area contributed by atoms with Crippen molar-refractivity contribution < 1.29 is 4.74 Å². The maximum absolute atomic E-state index is 5.65. The van der Waals surface area contributed by atoms with Crippen LogP contribution in [0.15, 0.2) is 23.3 Å². The Morgan fingerprint density at radius 3 is 2.61 bits per heavy atom. The SMILES string of the molecule is CCOCCC1(CNC(=NC)NCc2ccnc(N3CCN(CC)CC3)c2)CCCC1. The van der Waals surface area contributed by atoms with Crippen molar-refractivity contribution in [3.63, 3.8) is 0 Å². The number of pyridine rings is 1. The monoisotopic (exact) mass is 430 g/mol. The van der Waals surface area contributed by atoms with Gasteiger partial charge in [0.25, 0.3) is 0 Å². The number of nitrogens with zero attached hydrogens (tertiary/aromatic N) is 4. The summed E-state index contributed by atoms with van der Waals surface area (Å²) in [6.45, 7) is 13.1. The number of hydrogen-bond acceptors (Lipinski definition) is 5. The Balaban J connectivity index is 1.49. The fourth-order valence-corrected chi connectivity index (χ4v) is 4.79. The molecule has 3 rings (SSSR count). The summed E-state index contributed by atoms with van der Waals surface area (Å²) < 4.78 is 5.65. The Labute approximate surface area is 188 Å². The third-order valence-corrected chi connectivity index (χ3v) is 6.91. The van der Waals surface area contributed by atoms with Gasteiger partial charge in [0.1, 0.15) is 5.82 Å². The molecule has 2 heterocycles. The van der Waals surface area contributed by atoms with Gasteiger partial charge in [-0.25, -0.2) is 4.98 Å². The fraction of sp³-hybridized carbons (Fsp3) is 0.750. The number of aromatic nitrogens is 1. The number of rotatable bonds is 10. The zero-order chi connectivity index (χ0) is 21.9. The Bertz CT molecular complexity index is 680. The molecule has 0 atom stereocenters. The van der Waals surface area contributed by atoms with Gasteiger partial charge in [-0.3, -0.25) is 4.99 Å². The first-order chi connectivity index (χ1) is 15.2. The second-order valence-electron chi connectivity index (χ2n) is 8.88. The lowest BCUT2D eigenvalue weighted by Crippen LogP contribution is -2.46. The van der Waals surface area contributed by atoms with Crippen molar-refractivity contribution in [3.8, 4) is 0 Å². The summed E-state index contributed by atoms with van der Waals surface area (Å²) in [7, 11) is 1.85. The lowest BCUT2D eigenvalue weighted by Gasteiger charge is -2.34. The van der Waals surface area contributed by atoms with Crippen LogP contribution < -0.4 is 15.5 Å². The van der Waals surface area contributed by atoms with Crippen LogP contribution in [0.2, 0.25) is 0 Å². The number of aliphatic imine (C=N–C) groups is 1. The van der Waals surface area contributed by atoms with Crippen LogP contribution in [0.4, 0.5) is 5.82 Å². The number of likely N-dealkylation sites (N-methyl/N-ethyl adjacent to an activating group) is 1. The highest BCUT2D eigenvalue weighted by atomic mass is 16.5. The molecule has 0 unspecified atom stereocenters. The lowest BCUT2D eigenvalue weighted by atomic mass is 9.83. The molecule has 1 aliphatic heterocycles. The summed E-state index contributed by atoms with van der Waals surface area (Å²) in [6, 6.07) is 4.30. The van der Waals surface area contributed by atoms with Crippen LogP contribution in [-0.4, -0.2) is 75.4 Å². The number of piperazine rings is 1. The van der Waals surface area contributed by atoms with Gasteiger partial charge < -0.3 is 25.2 Å². The average molecular weight is 431 g/mol. The van der Waals surface area contributed by atoms with Gasteiger partial charge in [-0.1, -0.05) is 19.8 Å². The van der Waals surface area contributed by atoms with Crippen LogP contribution in [0.25, 0.3) is 0 Å². The van der Waals surface area contributed by atoms with Gasteiger partial charge in [-0.05, 0) is 55.8 Å². The number of ether oxygens (including phenoxy) is 1. The van der Waals surface area contributed by atoms with Gasteiger partial charge >= 0.3 is 0 Å². The van der Waals surface area contributed by atoms with Crippen LogP contribution in [0.3, 0.4) is 0 Å². The molecule has 7 heteroatoms. The van der Waals surface area contributed by atoms with E-state index in [2.05, 4.69) is 56.4 Å². The molecule has 1 aliphatic carbocycles. The summed E-state index contributed by atoms with van der Waals surface area (Å²) >= 11 is 0. The normalized spacial score (nSPS) is 19.6. The van der Waals surface area contributed by atoms with Crippen molar-refractivity contribution in [1.82, 2.24) is 20.5 Å². The highest BCUT2D eigenvalue weighted by Gasteiger charge is 2.33. The molecular formula is C24H42N6O. The third-order valence-electron chi connectivity index (χ3n) is 6.91. The Kier molecular flexibility index (Phi) is 9.40. The second-order valence-corrected chi connectivity index (χ2v) is 8.88. The minimum atomic E-state index is 0.345. The maximum Gasteiger partial charge on any atom is 0.191 e. The van der Waals surface area contributed by atoms with E-state index in [9.17, 15) is 0 Å². The van der Waals surface area contributed by atoms with Crippen LogP contribution in [0, 0.1) is 5.41 Å². The molecule has 174 valence electrons. The molecule has 1 aromatic rings. The van der Waals surface area contributed by atoms with E-state index in [1.54, 1.807) is 0 Å². The summed E-state index contributed by atoms with van der Waals surface area (Å²) in [5.74, 6) is 1.96. The molecule has 31 heavy (non-hydrogen) atoms. The van der Waals surface area contributed by atoms with Crippen molar-refractivity contribution in [2.75, 3.05) is 64.4 Å². The van der Waals surface area contributed by atoms with Crippen molar-refractivity contribution in [1.29, 1.82) is 0 Å². The Morgan fingerprint density at radius 1 is 1.16 bits per heavy atom. The summed E-state index contributed by atoms with van der Waals surface area (Å²) in [5.41, 5.74) is 1.58. The van der Waals surface area contributed by atoms with Gasteiger partial charge in [0.05, 0.1) is 0 Å². The standard InChI is InChI=1S/C24H42N6O/c1-4-29-13-15-30(16-14-29)22-18-21(8-12-26-22)19-27-23(25-3)28-20-24(9-6-7-10-24)11-17-31-5-2/h8,12,18H,4-7,9-11,13-17,19-20H2,1-3H3,(H2,25,27,28). The minimum absolute atomic E-state index is 0.345. The number of hydrogen-bond donors (Lipinski definition) is 2. The maximum atomic E-state index is 5.65. The van der Waals surface area contributed by atoms with Gasteiger partial charge in [-0.2, -0.15) is 0 Å². The third kappa shape index (κ3) is 7.07. The average Bonchev–Trinajstić information content (AvgIpc) is 3.28. The molecule has 0 spiro atoms. The van der Waals surface area contributed by atoms with Gasteiger partial charge in [0, 0.05) is 65.7 Å². The summed E-state index contributed by atoms with van der Waals surface area (Å²) in [4.78, 5) is 14.0. The minimum Gasteiger partial charge on any atom is -0.382 e. The second kappa shape index (κ2) is 12.2. The van der Waals surface area contributed by atoms with Crippen molar-refractivity contribution >= 4 is 11.8 Å². The molecule has 2 fully saturated rings. The molecular weight excluding hydrogens is 388 g/mol. The van der Waals surface area contributed by atoms with Crippen molar-refractivity contribution in [2.45, 2.75) is 52.5 Å². The Hall–Kier alpha value is -1.86. The van der Waals surface area contributed by atoms with E-state index in [4.69, 9.17) is 4.74 Å². The zero-order valence-electron chi connectivity index (χ0n) is 19.8. The predicted molar refractivity (Wildman–Crippen MR) is 129 cm³/mol. The highest BCUT2D eigenvalue weighted by molar-refractivity contribution is 5.79. The molecule has 7 nitrogen and oxygen atoms in total. The van der Waals surface area contributed by atoms with Gasteiger partial charge in [0.2, 0.25) is 0 Å². The first kappa shape index (κ1) is 23.8. The molecule has 1 saturated heterocycles. The number of nitrogens with one attached hydrogen (secondary N) is 2. The summed E-state index contributed by atoms with van der Waals surface area (Å²) in [5, 5.41) is 7.08. The van der Waals surface area contributed by atoms with E-state index < -0.39 is 0 Å². The van der Waals surface area contributed by atoms with Gasteiger partial charge in [0.15, 0.2) is 5.96 Å². The van der Waals surface area contributed by atoms with E-state index in [1.807, 2.05) is 13.2 Å². The molecule has 0 bridgehead atoms. The van der Waals surface area contributed by atoms with E-state index >= 15 is 0 Å². The zero-order valence-corrected chi connectivity index (χ0v) is 19.8. The highest BCUT2D eigenvalue weighted by Crippen LogP contribution is 2.40. The van der Waals surface area contributed by atoms with Crippen molar-refractivity contribution in [3.05, 3.63) is 23.9 Å². The molecule has 1 aromatic heterocycles. The van der Waals surface area contributed by atoms with Crippen LogP contribution in [0.5, 0.6) is 0 Å². The fourth-order valence-electron chi connectivity index (χ4n) is 4.79. The van der Waals surface area contributed by atoms with E-state index in [0.717, 1.165) is 77.2 Å². The van der Waals surface area contributed by atoms with Crippen LogP contribution in [-0.2, 0) is 11.3 Å². The van der Waals surface area contributed by atoms with Crippen LogP contribution >= 0.6 is 0 Å². The molecule has 0 radical (unpaired) electrons. The number of anilines is 1. The molecule has 2 aliphatic rings. The Morgan fingerprint density at radius 2 is 1.94 bits per heavy atom. The quantitative estimate of drug-likeness (QED) is 0.338. The smallest absolute Gasteiger partial charge is 0.191 e. The van der Waals surface area contributed by atoms with Gasteiger partial charge in [-0.15, -0.1) is 0 Å². The largest absolute Gasteiger partial charge is 0.382 e. The predicted octanol–water partition coefficient (Wildman–Crippen LogP) is 2.88.